The van der Waals surface area contributed by atoms with Gasteiger partial charge in [-0.1, -0.05) is 65.2 Å². The average molecular weight is 516 g/mol. The summed E-state index contributed by atoms with van der Waals surface area (Å²) in [4.78, 5) is 40.2. The van der Waals surface area contributed by atoms with Gasteiger partial charge in [-0.25, -0.2) is 4.98 Å². The van der Waals surface area contributed by atoms with E-state index in [1.807, 2.05) is 30.3 Å². The standard InChI is InChI=1S/C21H17N5O3S4/c1-12(27)22-14-7-8-15-17(9-14)32-20(23-15)31-11-18(29)24-19-25-26-21(33-19)30-10-16(28)13-5-3-2-4-6-13/h2-9H,10-11H2,1H3,(H,22,27)(H,24,25,29). The lowest BCUT2D eigenvalue weighted by Crippen LogP contribution is -2.13. The highest BCUT2D eigenvalue weighted by Gasteiger charge is 2.13. The fraction of sp³-hybridized carbons (Fsp3) is 0.143. The summed E-state index contributed by atoms with van der Waals surface area (Å²) in [6, 6.07) is 14.6. The van der Waals surface area contributed by atoms with Crippen LogP contribution in [0.2, 0.25) is 0 Å². The third-order valence-electron chi connectivity index (χ3n) is 4.09. The minimum absolute atomic E-state index is 0.0119. The number of benzene rings is 2. The Morgan fingerprint density at radius 3 is 2.48 bits per heavy atom. The number of hydrogen-bond donors (Lipinski definition) is 2. The molecular weight excluding hydrogens is 499 g/mol. The van der Waals surface area contributed by atoms with Crippen LogP contribution < -0.4 is 10.6 Å². The molecule has 2 amide bonds. The van der Waals surface area contributed by atoms with E-state index in [1.54, 1.807) is 18.2 Å². The minimum atomic E-state index is -0.216. The third kappa shape index (κ3) is 6.60. The summed E-state index contributed by atoms with van der Waals surface area (Å²) in [5.74, 6) is 0.0895. The molecule has 0 saturated carbocycles. The van der Waals surface area contributed by atoms with Gasteiger partial charge in [0.25, 0.3) is 0 Å². The molecule has 0 saturated heterocycles. The summed E-state index contributed by atoms with van der Waals surface area (Å²) in [6.07, 6.45) is 0. The molecule has 0 bridgehead atoms. The molecule has 168 valence electrons. The largest absolute Gasteiger partial charge is 0.326 e. The van der Waals surface area contributed by atoms with Gasteiger partial charge in [0.1, 0.15) is 0 Å². The molecule has 4 aromatic rings. The van der Waals surface area contributed by atoms with E-state index < -0.39 is 0 Å². The average Bonchev–Trinajstić information content (AvgIpc) is 3.42. The Hall–Kier alpha value is -2.80. The highest BCUT2D eigenvalue weighted by Crippen LogP contribution is 2.32. The fourth-order valence-electron chi connectivity index (χ4n) is 2.68. The number of nitrogens with zero attached hydrogens (tertiary/aromatic N) is 3. The summed E-state index contributed by atoms with van der Waals surface area (Å²) in [5, 5.41) is 13.9. The van der Waals surface area contributed by atoms with E-state index in [0.717, 1.165) is 14.6 Å². The van der Waals surface area contributed by atoms with Crippen molar-refractivity contribution >= 4 is 84.8 Å². The van der Waals surface area contributed by atoms with E-state index in [-0.39, 0.29) is 29.1 Å². The number of aromatic nitrogens is 3. The van der Waals surface area contributed by atoms with E-state index >= 15 is 0 Å². The number of Topliss-reactive ketones (excluding diaryl/α,β-unsaturated/α-hetero) is 1. The van der Waals surface area contributed by atoms with Crippen molar-refractivity contribution in [1.82, 2.24) is 15.2 Å². The lowest BCUT2D eigenvalue weighted by Gasteiger charge is -1.99. The van der Waals surface area contributed by atoms with Crippen LogP contribution in [0, 0.1) is 0 Å². The molecule has 12 heteroatoms. The van der Waals surface area contributed by atoms with Crippen LogP contribution in [0.4, 0.5) is 10.8 Å². The number of carbonyl (C=O) groups excluding carboxylic acids is 3. The zero-order valence-electron chi connectivity index (χ0n) is 17.2. The Bertz CT molecular complexity index is 1310. The topological polar surface area (TPSA) is 114 Å². The van der Waals surface area contributed by atoms with Crippen molar-refractivity contribution in [3.05, 3.63) is 54.1 Å². The van der Waals surface area contributed by atoms with Crippen molar-refractivity contribution in [2.75, 3.05) is 22.1 Å². The predicted octanol–water partition coefficient (Wildman–Crippen LogP) is 4.81. The van der Waals surface area contributed by atoms with Crippen molar-refractivity contribution in [3.63, 3.8) is 0 Å². The van der Waals surface area contributed by atoms with Crippen molar-refractivity contribution < 1.29 is 14.4 Å². The molecule has 0 radical (unpaired) electrons. The number of thioether (sulfide) groups is 2. The van der Waals surface area contributed by atoms with Crippen LogP contribution in [-0.4, -0.2) is 44.3 Å². The SMILES string of the molecule is CC(=O)Nc1ccc2nc(SCC(=O)Nc3nnc(SCC(=O)c4ccccc4)s3)sc2c1. The Labute approximate surface area is 205 Å². The highest BCUT2D eigenvalue weighted by molar-refractivity contribution is 8.02. The summed E-state index contributed by atoms with van der Waals surface area (Å²) in [7, 11) is 0. The fourth-order valence-corrected chi connectivity index (χ4v) is 6.25. The van der Waals surface area contributed by atoms with E-state index in [9.17, 15) is 14.4 Å². The van der Waals surface area contributed by atoms with Crippen molar-refractivity contribution in [3.8, 4) is 0 Å². The van der Waals surface area contributed by atoms with Crippen molar-refractivity contribution in [2.45, 2.75) is 15.6 Å². The number of amides is 2. The molecule has 0 unspecified atom stereocenters. The van der Waals surface area contributed by atoms with Crippen LogP contribution in [-0.2, 0) is 9.59 Å². The van der Waals surface area contributed by atoms with Crippen LogP contribution >= 0.6 is 46.2 Å². The Morgan fingerprint density at radius 1 is 0.909 bits per heavy atom. The first kappa shape index (κ1) is 23.4. The van der Waals surface area contributed by atoms with Crippen LogP contribution in [0.15, 0.2) is 57.2 Å². The molecule has 2 aromatic heterocycles. The molecule has 2 aromatic carbocycles. The second-order valence-corrected chi connectivity index (χ2v) is 11.1. The normalized spacial score (nSPS) is 10.8. The molecular formula is C21H17N5O3S4. The Kier molecular flexibility index (Phi) is 7.70. The van der Waals surface area contributed by atoms with Gasteiger partial charge in [-0.05, 0) is 18.2 Å². The van der Waals surface area contributed by atoms with E-state index in [1.165, 1.54) is 53.1 Å². The van der Waals surface area contributed by atoms with Crippen molar-refractivity contribution in [1.29, 1.82) is 0 Å². The molecule has 0 spiro atoms. The van der Waals surface area contributed by atoms with Crippen molar-refractivity contribution in [2.24, 2.45) is 0 Å². The van der Waals surface area contributed by atoms with Gasteiger partial charge in [-0.3, -0.25) is 19.7 Å². The molecule has 2 heterocycles. The summed E-state index contributed by atoms with van der Waals surface area (Å²) >= 11 is 5.31. The van der Waals surface area contributed by atoms with E-state index in [2.05, 4.69) is 25.8 Å². The van der Waals surface area contributed by atoms with Gasteiger partial charge < -0.3 is 5.32 Å². The predicted molar refractivity (Wildman–Crippen MR) is 135 cm³/mol. The van der Waals surface area contributed by atoms with Crippen LogP contribution in [0.1, 0.15) is 17.3 Å². The molecule has 2 N–H and O–H groups in total. The quantitative estimate of drug-likeness (QED) is 0.185. The molecule has 0 aliphatic heterocycles. The molecule has 0 atom stereocenters. The van der Waals surface area contributed by atoms with Gasteiger partial charge in [0, 0.05) is 18.2 Å². The minimum Gasteiger partial charge on any atom is -0.326 e. The number of thiazole rings is 1. The second-order valence-electron chi connectivity index (χ2n) is 6.63. The number of carbonyl (C=O) groups is 3. The molecule has 33 heavy (non-hydrogen) atoms. The smallest absolute Gasteiger partial charge is 0.236 e. The third-order valence-corrected chi connectivity index (χ3v) is 8.22. The molecule has 4 rings (SSSR count). The summed E-state index contributed by atoms with van der Waals surface area (Å²) < 4.78 is 2.30. The number of ketones is 1. The number of rotatable bonds is 9. The maximum atomic E-state index is 12.3. The van der Waals surface area contributed by atoms with Gasteiger partial charge in [-0.2, -0.15) is 0 Å². The summed E-state index contributed by atoms with van der Waals surface area (Å²) in [5.41, 5.74) is 2.18. The Morgan fingerprint density at radius 2 is 1.70 bits per heavy atom. The van der Waals surface area contributed by atoms with E-state index in [4.69, 9.17) is 0 Å². The van der Waals surface area contributed by atoms with E-state index in [0.29, 0.717) is 20.7 Å². The van der Waals surface area contributed by atoms with Gasteiger partial charge in [0.2, 0.25) is 16.9 Å². The first-order valence-corrected chi connectivity index (χ1v) is 13.2. The van der Waals surface area contributed by atoms with Crippen LogP contribution in [0.5, 0.6) is 0 Å². The first-order chi connectivity index (χ1) is 16.0. The monoisotopic (exact) mass is 515 g/mol. The number of fused-ring (bicyclic) bond motifs is 1. The Balaban J connectivity index is 1.26. The van der Waals surface area contributed by atoms with Crippen LogP contribution in [0.3, 0.4) is 0 Å². The van der Waals surface area contributed by atoms with Gasteiger partial charge >= 0.3 is 0 Å². The number of nitrogens with one attached hydrogen (secondary N) is 2. The number of anilines is 2. The lowest BCUT2D eigenvalue weighted by molar-refractivity contribution is -0.114. The van der Waals surface area contributed by atoms with Gasteiger partial charge in [-0.15, -0.1) is 21.5 Å². The first-order valence-electron chi connectivity index (χ1n) is 9.61. The molecule has 0 aliphatic rings. The zero-order chi connectivity index (χ0) is 23.2. The molecule has 0 fully saturated rings. The molecule has 8 nitrogen and oxygen atoms in total. The second kappa shape index (κ2) is 10.9. The van der Waals surface area contributed by atoms with Gasteiger partial charge in [0.05, 0.1) is 21.7 Å². The van der Waals surface area contributed by atoms with Crippen LogP contribution in [0.25, 0.3) is 10.2 Å². The maximum Gasteiger partial charge on any atom is 0.236 e. The molecule has 0 aliphatic carbocycles. The highest BCUT2D eigenvalue weighted by atomic mass is 32.2. The lowest BCUT2D eigenvalue weighted by atomic mass is 10.2. The zero-order valence-corrected chi connectivity index (χ0v) is 20.5. The van der Waals surface area contributed by atoms with Gasteiger partial charge in [0.15, 0.2) is 14.5 Å². The maximum absolute atomic E-state index is 12.3. The summed E-state index contributed by atoms with van der Waals surface area (Å²) in [6.45, 7) is 1.46. The number of hydrogen-bond acceptors (Lipinski definition) is 10.